The summed E-state index contributed by atoms with van der Waals surface area (Å²) in [6.07, 6.45) is 1.67. The predicted octanol–water partition coefficient (Wildman–Crippen LogP) is 3.01. The molecule has 0 aliphatic heterocycles. The van der Waals surface area contributed by atoms with Crippen molar-refractivity contribution in [2.45, 2.75) is 19.9 Å². The summed E-state index contributed by atoms with van der Waals surface area (Å²) < 4.78 is 5.38. The third kappa shape index (κ3) is 2.68. The van der Waals surface area contributed by atoms with Gasteiger partial charge in [0.1, 0.15) is 5.76 Å². The van der Waals surface area contributed by atoms with Crippen LogP contribution >= 0.6 is 0 Å². The molecule has 0 saturated heterocycles. The highest BCUT2D eigenvalue weighted by molar-refractivity contribution is 5.53. The Kier molecular flexibility index (Phi) is 3.49. The van der Waals surface area contributed by atoms with E-state index in [2.05, 4.69) is 37.4 Å². The van der Waals surface area contributed by atoms with Gasteiger partial charge in [-0.15, -0.1) is 0 Å². The average Bonchev–Trinajstić information content (AvgIpc) is 2.81. The van der Waals surface area contributed by atoms with E-state index in [1.165, 1.54) is 11.1 Å². The normalized spacial score (nSPS) is 12.4. The first-order valence-corrected chi connectivity index (χ1v) is 5.78. The number of anilines is 1. The van der Waals surface area contributed by atoms with E-state index >= 15 is 0 Å². The number of nitrogens with two attached hydrogens (primary N) is 1. The highest BCUT2D eigenvalue weighted by atomic mass is 16.3. The fourth-order valence-electron chi connectivity index (χ4n) is 1.90. The van der Waals surface area contributed by atoms with Crippen molar-refractivity contribution < 1.29 is 4.42 Å². The molecule has 0 aliphatic carbocycles. The topological polar surface area (TPSA) is 51.2 Å². The lowest BCUT2D eigenvalue weighted by atomic mass is 10.1. The molecule has 0 bridgehead atoms. The molecule has 90 valence electrons. The molecule has 2 rings (SSSR count). The molecule has 0 fully saturated rings. The zero-order chi connectivity index (χ0) is 12.3. The molecule has 1 atom stereocenters. The molecule has 1 aromatic heterocycles. The second-order valence-corrected chi connectivity index (χ2v) is 4.27. The summed E-state index contributed by atoms with van der Waals surface area (Å²) in [5.41, 5.74) is 9.35. The van der Waals surface area contributed by atoms with Crippen molar-refractivity contribution in [3.8, 4) is 0 Å². The van der Waals surface area contributed by atoms with Crippen LogP contribution in [0.3, 0.4) is 0 Å². The number of nitrogens with one attached hydrogen (secondary N) is 1. The van der Waals surface area contributed by atoms with Crippen molar-refractivity contribution in [1.82, 2.24) is 0 Å². The molecule has 2 aromatic rings. The van der Waals surface area contributed by atoms with Crippen LogP contribution in [0.5, 0.6) is 0 Å². The van der Waals surface area contributed by atoms with Gasteiger partial charge in [-0.2, -0.15) is 0 Å². The van der Waals surface area contributed by atoms with Gasteiger partial charge in [-0.1, -0.05) is 17.7 Å². The molecular weight excluding hydrogens is 212 g/mol. The van der Waals surface area contributed by atoms with Gasteiger partial charge in [-0.25, -0.2) is 0 Å². The first-order valence-electron chi connectivity index (χ1n) is 5.78. The standard InChI is InChI=1S/C14H18N2O/c1-10-5-6-12(11(2)8-10)16-13(9-15)14-4-3-7-17-14/h3-8,13,16H,9,15H2,1-2H3. The van der Waals surface area contributed by atoms with E-state index in [9.17, 15) is 0 Å². The van der Waals surface area contributed by atoms with E-state index in [4.69, 9.17) is 10.2 Å². The number of hydrogen-bond acceptors (Lipinski definition) is 3. The summed E-state index contributed by atoms with van der Waals surface area (Å²) in [5, 5.41) is 3.41. The predicted molar refractivity (Wildman–Crippen MR) is 70.0 cm³/mol. The zero-order valence-electron chi connectivity index (χ0n) is 10.2. The van der Waals surface area contributed by atoms with Gasteiger partial charge in [-0.05, 0) is 37.6 Å². The van der Waals surface area contributed by atoms with Gasteiger partial charge < -0.3 is 15.5 Å². The average molecular weight is 230 g/mol. The Morgan fingerprint density at radius 3 is 2.71 bits per heavy atom. The second-order valence-electron chi connectivity index (χ2n) is 4.27. The second kappa shape index (κ2) is 5.06. The van der Waals surface area contributed by atoms with Crippen LogP contribution in [0, 0.1) is 13.8 Å². The smallest absolute Gasteiger partial charge is 0.127 e. The molecule has 0 amide bonds. The van der Waals surface area contributed by atoms with Gasteiger partial charge >= 0.3 is 0 Å². The maximum absolute atomic E-state index is 5.77. The van der Waals surface area contributed by atoms with Gasteiger partial charge in [0.05, 0.1) is 12.3 Å². The third-order valence-corrected chi connectivity index (χ3v) is 2.83. The van der Waals surface area contributed by atoms with Gasteiger partial charge in [0.25, 0.3) is 0 Å². The van der Waals surface area contributed by atoms with Crippen LogP contribution < -0.4 is 11.1 Å². The first kappa shape index (κ1) is 11.7. The van der Waals surface area contributed by atoms with Crippen molar-refractivity contribution in [1.29, 1.82) is 0 Å². The lowest BCUT2D eigenvalue weighted by Crippen LogP contribution is -2.20. The summed E-state index contributed by atoms with van der Waals surface area (Å²) in [6, 6.07) is 10.2. The summed E-state index contributed by atoms with van der Waals surface area (Å²) in [7, 11) is 0. The molecule has 1 heterocycles. The lowest BCUT2D eigenvalue weighted by molar-refractivity contribution is 0.481. The maximum atomic E-state index is 5.77. The van der Waals surface area contributed by atoms with Crippen LogP contribution in [0.25, 0.3) is 0 Å². The summed E-state index contributed by atoms with van der Waals surface area (Å²) in [5.74, 6) is 0.868. The minimum absolute atomic E-state index is 0.0198. The maximum Gasteiger partial charge on any atom is 0.127 e. The SMILES string of the molecule is Cc1ccc(NC(CN)c2ccco2)c(C)c1. The summed E-state index contributed by atoms with van der Waals surface area (Å²) in [4.78, 5) is 0. The monoisotopic (exact) mass is 230 g/mol. The molecule has 17 heavy (non-hydrogen) atoms. The largest absolute Gasteiger partial charge is 0.467 e. The molecule has 1 aromatic carbocycles. The molecule has 3 nitrogen and oxygen atoms in total. The van der Waals surface area contributed by atoms with E-state index in [1.54, 1.807) is 6.26 Å². The Bertz CT molecular complexity index is 477. The summed E-state index contributed by atoms with van der Waals surface area (Å²) in [6.45, 7) is 4.68. The van der Waals surface area contributed by atoms with Crippen molar-refractivity contribution in [2.75, 3.05) is 11.9 Å². The fraction of sp³-hybridized carbons (Fsp3) is 0.286. The van der Waals surface area contributed by atoms with Gasteiger partial charge in [-0.3, -0.25) is 0 Å². The van der Waals surface area contributed by atoms with Crippen LogP contribution in [0.2, 0.25) is 0 Å². The van der Waals surface area contributed by atoms with E-state index < -0.39 is 0 Å². The molecule has 1 unspecified atom stereocenters. The van der Waals surface area contributed by atoms with Crippen LogP contribution in [0.15, 0.2) is 41.0 Å². The van der Waals surface area contributed by atoms with Crippen molar-refractivity contribution in [3.05, 3.63) is 53.5 Å². The third-order valence-electron chi connectivity index (χ3n) is 2.83. The van der Waals surface area contributed by atoms with E-state index in [0.29, 0.717) is 6.54 Å². The van der Waals surface area contributed by atoms with Crippen LogP contribution in [-0.2, 0) is 0 Å². The van der Waals surface area contributed by atoms with E-state index in [1.807, 2.05) is 12.1 Å². The molecule has 3 N–H and O–H groups in total. The molecule has 0 aliphatic rings. The summed E-state index contributed by atoms with van der Waals surface area (Å²) >= 11 is 0. The molecular formula is C14H18N2O. The van der Waals surface area contributed by atoms with Crippen molar-refractivity contribution in [2.24, 2.45) is 5.73 Å². The minimum atomic E-state index is 0.0198. The van der Waals surface area contributed by atoms with Crippen molar-refractivity contribution in [3.63, 3.8) is 0 Å². The van der Waals surface area contributed by atoms with Gasteiger partial charge in [0.2, 0.25) is 0 Å². The Balaban J connectivity index is 2.19. The minimum Gasteiger partial charge on any atom is -0.467 e. The first-order chi connectivity index (χ1) is 8.20. The highest BCUT2D eigenvalue weighted by Gasteiger charge is 2.12. The fourth-order valence-corrected chi connectivity index (χ4v) is 1.90. The molecule has 0 spiro atoms. The van der Waals surface area contributed by atoms with E-state index in [0.717, 1.165) is 11.4 Å². The quantitative estimate of drug-likeness (QED) is 0.849. The molecule has 3 heteroatoms. The van der Waals surface area contributed by atoms with Crippen LogP contribution in [-0.4, -0.2) is 6.54 Å². The Morgan fingerprint density at radius 2 is 2.12 bits per heavy atom. The highest BCUT2D eigenvalue weighted by Crippen LogP contribution is 2.22. The number of hydrogen-bond donors (Lipinski definition) is 2. The molecule has 0 saturated carbocycles. The van der Waals surface area contributed by atoms with Crippen molar-refractivity contribution >= 4 is 5.69 Å². The Hall–Kier alpha value is -1.74. The zero-order valence-corrected chi connectivity index (χ0v) is 10.2. The Morgan fingerprint density at radius 1 is 1.29 bits per heavy atom. The lowest BCUT2D eigenvalue weighted by Gasteiger charge is -2.17. The van der Waals surface area contributed by atoms with E-state index in [-0.39, 0.29) is 6.04 Å². The van der Waals surface area contributed by atoms with Crippen LogP contribution in [0.4, 0.5) is 5.69 Å². The molecule has 0 radical (unpaired) electrons. The number of rotatable bonds is 4. The van der Waals surface area contributed by atoms with Gasteiger partial charge in [0.15, 0.2) is 0 Å². The van der Waals surface area contributed by atoms with Crippen LogP contribution in [0.1, 0.15) is 22.9 Å². The number of aryl methyl sites for hydroxylation is 2. The van der Waals surface area contributed by atoms with Gasteiger partial charge in [0, 0.05) is 12.2 Å². The number of benzene rings is 1. The Labute approximate surface area is 102 Å². The number of furan rings is 1.